The third kappa shape index (κ3) is 6.06. The van der Waals surface area contributed by atoms with Crippen LogP contribution in [-0.2, 0) is 27.4 Å². The maximum absolute atomic E-state index is 6.47. The van der Waals surface area contributed by atoms with Crippen molar-refractivity contribution in [2.45, 2.75) is 56.9 Å². The SMILES string of the molecule is CCS[C@@H]1O[C@H](C)[C@@H](OCc2ccccc2)[C@H](N(C)C)[C@H]1OCc1ccccc1. The van der Waals surface area contributed by atoms with Crippen LogP contribution in [0.25, 0.3) is 0 Å². The first kappa shape index (κ1) is 22.3. The minimum atomic E-state index is -0.0767. The second kappa shape index (κ2) is 11.1. The predicted molar refractivity (Wildman–Crippen MR) is 120 cm³/mol. The Labute approximate surface area is 179 Å². The molecule has 1 fully saturated rings. The fourth-order valence-electron chi connectivity index (χ4n) is 3.82. The number of hydrogen-bond donors (Lipinski definition) is 0. The molecule has 158 valence electrons. The van der Waals surface area contributed by atoms with Crippen molar-refractivity contribution in [3.05, 3.63) is 71.8 Å². The van der Waals surface area contributed by atoms with E-state index in [1.807, 2.05) is 48.2 Å². The molecular formula is C24H33NO3S. The lowest BCUT2D eigenvalue weighted by Crippen LogP contribution is -2.62. The zero-order chi connectivity index (χ0) is 20.6. The van der Waals surface area contributed by atoms with Crippen molar-refractivity contribution in [2.75, 3.05) is 19.8 Å². The monoisotopic (exact) mass is 415 g/mol. The topological polar surface area (TPSA) is 30.9 Å². The lowest BCUT2D eigenvalue weighted by molar-refractivity contribution is -0.205. The number of rotatable bonds is 9. The number of ether oxygens (including phenoxy) is 3. The van der Waals surface area contributed by atoms with Crippen LogP contribution in [-0.4, -0.2) is 54.5 Å². The molecule has 0 aliphatic carbocycles. The van der Waals surface area contributed by atoms with Crippen LogP contribution in [0, 0.1) is 0 Å². The van der Waals surface area contributed by atoms with Gasteiger partial charge in [-0.2, -0.15) is 0 Å². The van der Waals surface area contributed by atoms with Crippen LogP contribution in [0.3, 0.4) is 0 Å². The lowest BCUT2D eigenvalue weighted by atomic mass is 9.96. The molecule has 3 rings (SSSR count). The van der Waals surface area contributed by atoms with Gasteiger partial charge in [-0.1, -0.05) is 67.6 Å². The van der Waals surface area contributed by atoms with Crippen molar-refractivity contribution in [1.82, 2.24) is 4.90 Å². The Hall–Kier alpha value is -1.37. The van der Waals surface area contributed by atoms with Gasteiger partial charge in [0.25, 0.3) is 0 Å². The van der Waals surface area contributed by atoms with E-state index in [1.165, 1.54) is 11.1 Å². The molecule has 5 atom stereocenters. The minimum Gasteiger partial charge on any atom is -0.369 e. The Morgan fingerprint density at radius 1 is 0.862 bits per heavy atom. The Kier molecular flexibility index (Phi) is 8.57. The summed E-state index contributed by atoms with van der Waals surface area (Å²) in [4.78, 5) is 2.23. The van der Waals surface area contributed by atoms with Crippen LogP contribution in [0.15, 0.2) is 60.7 Å². The Balaban J connectivity index is 1.76. The van der Waals surface area contributed by atoms with E-state index in [1.54, 1.807) is 0 Å². The normalized spacial score (nSPS) is 27.3. The molecule has 2 aromatic carbocycles. The van der Waals surface area contributed by atoms with Gasteiger partial charge in [0.2, 0.25) is 0 Å². The average Bonchev–Trinajstić information content (AvgIpc) is 2.73. The summed E-state index contributed by atoms with van der Waals surface area (Å²) in [5.74, 6) is 0.984. The molecular weight excluding hydrogens is 382 g/mol. The van der Waals surface area contributed by atoms with E-state index in [4.69, 9.17) is 14.2 Å². The summed E-state index contributed by atoms with van der Waals surface area (Å²) in [6.07, 6.45) is -0.154. The third-order valence-electron chi connectivity index (χ3n) is 5.25. The van der Waals surface area contributed by atoms with Gasteiger partial charge >= 0.3 is 0 Å². The molecule has 5 heteroatoms. The maximum atomic E-state index is 6.47. The molecule has 1 saturated heterocycles. The standard InChI is InChI=1S/C24H33NO3S/c1-5-29-24-23(27-17-20-14-10-7-11-15-20)21(25(3)4)22(18(2)28-24)26-16-19-12-8-6-9-13-19/h6-15,18,21-24H,5,16-17H2,1-4H3/t18-,21+,22-,23-,24+/m1/s1. The van der Waals surface area contributed by atoms with Crippen LogP contribution in [0.2, 0.25) is 0 Å². The van der Waals surface area contributed by atoms with Gasteiger partial charge in [0.1, 0.15) is 17.6 Å². The number of hydrogen-bond acceptors (Lipinski definition) is 5. The number of nitrogens with zero attached hydrogens (tertiary/aromatic N) is 1. The molecule has 0 saturated carbocycles. The smallest absolute Gasteiger partial charge is 0.131 e. The van der Waals surface area contributed by atoms with Crippen molar-refractivity contribution in [3.63, 3.8) is 0 Å². The Bertz CT molecular complexity index is 713. The molecule has 4 nitrogen and oxygen atoms in total. The molecule has 0 bridgehead atoms. The van der Waals surface area contributed by atoms with Gasteiger partial charge in [0.05, 0.1) is 25.4 Å². The highest BCUT2D eigenvalue weighted by Gasteiger charge is 2.46. The Morgan fingerprint density at radius 2 is 1.38 bits per heavy atom. The van der Waals surface area contributed by atoms with Crippen LogP contribution >= 0.6 is 11.8 Å². The zero-order valence-electron chi connectivity index (χ0n) is 17.9. The molecule has 0 radical (unpaired) electrons. The molecule has 1 aliphatic heterocycles. The summed E-state index contributed by atoms with van der Waals surface area (Å²) < 4.78 is 19.3. The van der Waals surface area contributed by atoms with Crippen LogP contribution in [0.1, 0.15) is 25.0 Å². The van der Waals surface area contributed by atoms with E-state index < -0.39 is 0 Å². The summed E-state index contributed by atoms with van der Waals surface area (Å²) in [6.45, 7) is 5.42. The van der Waals surface area contributed by atoms with Gasteiger partial charge in [-0.05, 0) is 37.9 Å². The average molecular weight is 416 g/mol. The number of thioether (sulfide) groups is 1. The summed E-state index contributed by atoms with van der Waals surface area (Å²) >= 11 is 1.81. The highest BCUT2D eigenvalue weighted by Crippen LogP contribution is 2.34. The molecule has 1 aliphatic rings. The molecule has 2 aromatic rings. The van der Waals surface area contributed by atoms with Crippen LogP contribution < -0.4 is 0 Å². The van der Waals surface area contributed by atoms with Crippen molar-refractivity contribution in [1.29, 1.82) is 0 Å². The van der Waals surface area contributed by atoms with E-state index in [-0.39, 0.29) is 29.8 Å². The van der Waals surface area contributed by atoms with Gasteiger partial charge < -0.3 is 19.1 Å². The van der Waals surface area contributed by atoms with E-state index >= 15 is 0 Å². The molecule has 0 aromatic heterocycles. The quantitative estimate of drug-likeness (QED) is 0.598. The minimum absolute atomic E-state index is 0.00765. The van der Waals surface area contributed by atoms with Gasteiger partial charge in [-0.25, -0.2) is 0 Å². The van der Waals surface area contributed by atoms with Crippen molar-refractivity contribution in [3.8, 4) is 0 Å². The van der Waals surface area contributed by atoms with Crippen LogP contribution in [0.5, 0.6) is 0 Å². The number of likely N-dealkylation sites (N-methyl/N-ethyl adjacent to an activating group) is 1. The van der Waals surface area contributed by atoms with Crippen molar-refractivity contribution in [2.24, 2.45) is 0 Å². The molecule has 0 N–H and O–H groups in total. The van der Waals surface area contributed by atoms with Gasteiger partial charge in [0, 0.05) is 0 Å². The largest absolute Gasteiger partial charge is 0.369 e. The molecule has 0 amide bonds. The van der Waals surface area contributed by atoms with Gasteiger partial charge in [0.15, 0.2) is 0 Å². The molecule has 1 heterocycles. The first-order valence-corrected chi connectivity index (χ1v) is 11.4. The maximum Gasteiger partial charge on any atom is 0.131 e. The van der Waals surface area contributed by atoms with E-state index in [0.29, 0.717) is 13.2 Å². The van der Waals surface area contributed by atoms with E-state index in [0.717, 1.165) is 5.75 Å². The number of benzene rings is 2. The second-order valence-electron chi connectivity index (χ2n) is 7.64. The first-order chi connectivity index (χ1) is 14.1. The zero-order valence-corrected chi connectivity index (χ0v) is 18.7. The molecule has 0 unspecified atom stereocenters. The van der Waals surface area contributed by atoms with Crippen LogP contribution in [0.4, 0.5) is 0 Å². The van der Waals surface area contributed by atoms with E-state index in [2.05, 4.69) is 57.1 Å². The highest BCUT2D eigenvalue weighted by atomic mass is 32.2. The summed E-state index contributed by atoms with van der Waals surface area (Å²) in [5.41, 5.74) is 2.33. The third-order valence-corrected chi connectivity index (χ3v) is 6.29. The van der Waals surface area contributed by atoms with Crippen molar-refractivity contribution >= 4 is 11.8 Å². The predicted octanol–water partition coefficient (Wildman–Crippen LogP) is 4.59. The second-order valence-corrected chi connectivity index (χ2v) is 9.02. The van der Waals surface area contributed by atoms with Gasteiger partial charge in [-0.15, -0.1) is 11.8 Å². The lowest BCUT2D eigenvalue weighted by Gasteiger charge is -2.48. The van der Waals surface area contributed by atoms with E-state index in [9.17, 15) is 0 Å². The summed E-state index contributed by atoms with van der Waals surface area (Å²) in [5, 5.41) is 0. The highest BCUT2D eigenvalue weighted by molar-refractivity contribution is 7.99. The fraction of sp³-hybridized carbons (Fsp3) is 0.500. The molecule has 29 heavy (non-hydrogen) atoms. The van der Waals surface area contributed by atoms with Crippen molar-refractivity contribution < 1.29 is 14.2 Å². The summed E-state index contributed by atoms with van der Waals surface area (Å²) in [7, 11) is 4.21. The Morgan fingerprint density at radius 3 is 1.86 bits per heavy atom. The first-order valence-electron chi connectivity index (χ1n) is 10.3. The summed E-state index contributed by atoms with van der Waals surface area (Å²) in [6, 6.07) is 20.7. The molecule has 0 spiro atoms. The van der Waals surface area contributed by atoms with Gasteiger partial charge in [-0.3, -0.25) is 0 Å². The fourth-order valence-corrected chi connectivity index (χ4v) is 4.83.